The van der Waals surface area contributed by atoms with Crippen LogP contribution in [0.25, 0.3) is 0 Å². The Morgan fingerprint density at radius 2 is 2.50 bits per heavy atom. The molecule has 1 unspecified atom stereocenters. The summed E-state index contributed by atoms with van der Waals surface area (Å²) in [6, 6.07) is 0. The van der Waals surface area contributed by atoms with Crippen molar-refractivity contribution < 1.29 is 4.74 Å². The quantitative estimate of drug-likeness (QED) is 0.558. The molecule has 0 amide bonds. The zero-order valence-corrected chi connectivity index (χ0v) is 7.03. The van der Waals surface area contributed by atoms with Crippen LogP contribution in [0.2, 0.25) is 0 Å². The van der Waals surface area contributed by atoms with Crippen molar-refractivity contribution in [3.63, 3.8) is 0 Å². The summed E-state index contributed by atoms with van der Waals surface area (Å²) in [5.41, 5.74) is 6.65. The summed E-state index contributed by atoms with van der Waals surface area (Å²) < 4.78 is 5.38. The number of nitrogens with two attached hydrogens (primary N) is 1. The Morgan fingerprint density at radius 1 is 1.80 bits per heavy atom. The fourth-order valence-corrected chi connectivity index (χ4v) is 1.29. The van der Waals surface area contributed by atoms with E-state index in [1.165, 1.54) is 5.57 Å². The van der Waals surface area contributed by atoms with Gasteiger partial charge in [-0.2, -0.15) is 0 Å². The molecule has 0 aromatic rings. The highest BCUT2D eigenvalue weighted by Gasteiger charge is 2.16. The Labute approximate surface area is 66.8 Å². The van der Waals surface area contributed by atoms with Crippen molar-refractivity contribution in [2.75, 3.05) is 13.2 Å². The SMILES string of the molecule is CC1=C(S)CCOC1CN. The Balaban J connectivity index is 2.68. The molecule has 3 heteroatoms. The standard InChI is InChI=1S/C7H13NOS/c1-5-6(4-8)9-3-2-7(5)10/h6,10H,2-4,8H2,1H3. The first-order valence-corrected chi connectivity index (χ1v) is 3.90. The molecular formula is C7H13NOS. The molecule has 2 N–H and O–H groups in total. The predicted octanol–water partition coefficient (Wildman–Crippen LogP) is 0.938. The number of hydrogen-bond acceptors (Lipinski definition) is 3. The molecule has 0 aliphatic carbocycles. The monoisotopic (exact) mass is 159 g/mol. The van der Waals surface area contributed by atoms with Crippen molar-refractivity contribution >= 4 is 12.6 Å². The first-order valence-electron chi connectivity index (χ1n) is 3.46. The zero-order valence-electron chi connectivity index (χ0n) is 6.13. The number of thiol groups is 1. The summed E-state index contributed by atoms with van der Waals surface area (Å²) in [5.74, 6) is 0. The van der Waals surface area contributed by atoms with Crippen LogP contribution < -0.4 is 5.73 Å². The van der Waals surface area contributed by atoms with Gasteiger partial charge in [0, 0.05) is 13.0 Å². The summed E-state index contributed by atoms with van der Waals surface area (Å²) in [5, 5.41) is 0. The van der Waals surface area contributed by atoms with E-state index in [2.05, 4.69) is 12.6 Å². The summed E-state index contributed by atoms with van der Waals surface area (Å²) in [7, 11) is 0. The van der Waals surface area contributed by atoms with E-state index in [9.17, 15) is 0 Å². The molecular weight excluding hydrogens is 146 g/mol. The molecule has 10 heavy (non-hydrogen) atoms. The highest BCUT2D eigenvalue weighted by atomic mass is 32.1. The van der Waals surface area contributed by atoms with Crippen LogP contribution in [0.15, 0.2) is 10.5 Å². The van der Waals surface area contributed by atoms with Gasteiger partial charge >= 0.3 is 0 Å². The second-order valence-electron chi connectivity index (χ2n) is 2.47. The van der Waals surface area contributed by atoms with Crippen molar-refractivity contribution in [1.29, 1.82) is 0 Å². The lowest BCUT2D eigenvalue weighted by molar-refractivity contribution is 0.0756. The van der Waals surface area contributed by atoms with E-state index >= 15 is 0 Å². The lowest BCUT2D eigenvalue weighted by Crippen LogP contribution is -2.28. The fourth-order valence-electron chi connectivity index (χ4n) is 1.05. The van der Waals surface area contributed by atoms with Gasteiger partial charge in [0.25, 0.3) is 0 Å². The van der Waals surface area contributed by atoms with Crippen LogP contribution in [-0.2, 0) is 4.74 Å². The molecule has 0 fully saturated rings. The van der Waals surface area contributed by atoms with Crippen LogP contribution in [0.5, 0.6) is 0 Å². The first kappa shape index (κ1) is 8.11. The van der Waals surface area contributed by atoms with Gasteiger partial charge < -0.3 is 10.5 Å². The summed E-state index contributed by atoms with van der Waals surface area (Å²) in [6.07, 6.45) is 1.05. The molecule has 1 aliphatic rings. The predicted molar refractivity (Wildman–Crippen MR) is 45.1 cm³/mol. The summed E-state index contributed by atoms with van der Waals surface area (Å²) in [6.45, 7) is 3.35. The molecule has 0 spiro atoms. The van der Waals surface area contributed by atoms with Crippen molar-refractivity contribution in [2.24, 2.45) is 5.73 Å². The topological polar surface area (TPSA) is 35.2 Å². The van der Waals surface area contributed by atoms with Crippen LogP contribution in [0.4, 0.5) is 0 Å². The number of hydrogen-bond donors (Lipinski definition) is 2. The van der Waals surface area contributed by atoms with Crippen molar-refractivity contribution in [2.45, 2.75) is 19.4 Å². The second-order valence-corrected chi connectivity index (χ2v) is 3.01. The van der Waals surface area contributed by atoms with Gasteiger partial charge in [0.1, 0.15) is 0 Å². The minimum absolute atomic E-state index is 0.112. The van der Waals surface area contributed by atoms with Crippen LogP contribution in [0.1, 0.15) is 13.3 Å². The van der Waals surface area contributed by atoms with Gasteiger partial charge in [-0.05, 0) is 17.4 Å². The highest BCUT2D eigenvalue weighted by Crippen LogP contribution is 2.22. The van der Waals surface area contributed by atoms with Gasteiger partial charge in [0.15, 0.2) is 0 Å². The first-order chi connectivity index (χ1) is 4.75. The zero-order chi connectivity index (χ0) is 7.56. The molecule has 0 aromatic carbocycles. The Bertz CT molecular complexity index is 156. The number of rotatable bonds is 1. The Hall–Kier alpha value is 0.01000. The fraction of sp³-hybridized carbons (Fsp3) is 0.714. The Kier molecular flexibility index (Phi) is 2.77. The third-order valence-corrected chi connectivity index (χ3v) is 2.39. The molecule has 0 saturated carbocycles. The minimum Gasteiger partial charge on any atom is -0.372 e. The van der Waals surface area contributed by atoms with E-state index in [4.69, 9.17) is 10.5 Å². The molecule has 1 atom stereocenters. The average Bonchev–Trinajstić information content (AvgIpc) is 1.95. The lowest BCUT2D eigenvalue weighted by atomic mass is 10.1. The molecule has 0 bridgehead atoms. The van der Waals surface area contributed by atoms with E-state index in [1.807, 2.05) is 6.92 Å². The maximum Gasteiger partial charge on any atom is 0.0915 e. The number of ether oxygens (including phenoxy) is 1. The van der Waals surface area contributed by atoms with Crippen LogP contribution in [0.3, 0.4) is 0 Å². The highest BCUT2D eigenvalue weighted by molar-refractivity contribution is 7.84. The van der Waals surface area contributed by atoms with Crippen LogP contribution in [-0.4, -0.2) is 19.3 Å². The van der Waals surface area contributed by atoms with Gasteiger partial charge in [-0.1, -0.05) is 0 Å². The smallest absolute Gasteiger partial charge is 0.0915 e. The van der Waals surface area contributed by atoms with E-state index in [-0.39, 0.29) is 6.10 Å². The van der Waals surface area contributed by atoms with Gasteiger partial charge in [-0.25, -0.2) is 0 Å². The van der Waals surface area contributed by atoms with Gasteiger partial charge in [0.05, 0.1) is 12.7 Å². The average molecular weight is 159 g/mol. The van der Waals surface area contributed by atoms with E-state index in [0.717, 1.165) is 17.9 Å². The molecule has 1 aliphatic heterocycles. The van der Waals surface area contributed by atoms with E-state index < -0.39 is 0 Å². The van der Waals surface area contributed by atoms with Crippen molar-refractivity contribution in [1.82, 2.24) is 0 Å². The van der Waals surface area contributed by atoms with Crippen molar-refractivity contribution in [3.05, 3.63) is 10.5 Å². The van der Waals surface area contributed by atoms with Crippen LogP contribution >= 0.6 is 12.6 Å². The normalized spacial score (nSPS) is 27.3. The third kappa shape index (κ3) is 1.54. The molecule has 0 saturated heterocycles. The molecule has 58 valence electrons. The van der Waals surface area contributed by atoms with Gasteiger partial charge in [0.2, 0.25) is 0 Å². The maximum atomic E-state index is 5.46. The molecule has 1 rings (SSSR count). The van der Waals surface area contributed by atoms with Gasteiger partial charge in [-0.15, -0.1) is 12.6 Å². The second kappa shape index (κ2) is 3.42. The summed E-state index contributed by atoms with van der Waals surface area (Å²) >= 11 is 4.31. The maximum absolute atomic E-state index is 5.46. The molecule has 0 aromatic heterocycles. The van der Waals surface area contributed by atoms with Crippen molar-refractivity contribution in [3.8, 4) is 0 Å². The summed E-state index contributed by atoms with van der Waals surface area (Å²) in [4.78, 5) is 1.14. The van der Waals surface area contributed by atoms with Gasteiger partial charge in [-0.3, -0.25) is 0 Å². The molecule has 1 heterocycles. The Morgan fingerprint density at radius 3 is 3.00 bits per heavy atom. The van der Waals surface area contributed by atoms with E-state index in [0.29, 0.717) is 6.54 Å². The largest absolute Gasteiger partial charge is 0.372 e. The third-order valence-electron chi connectivity index (χ3n) is 1.81. The molecule has 0 radical (unpaired) electrons. The van der Waals surface area contributed by atoms with Crippen LogP contribution in [0, 0.1) is 0 Å². The lowest BCUT2D eigenvalue weighted by Gasteiger charge is -2.23. The molecule has 2 nitrogen and oxygen atoms in total. The van der Waals surface area contributed by atoms with E-state index in [1.54, 1.807) is 0 Å². The minimum atomic E-state index is 0.112.